The molecule has 0 aliphatic carbocycles. The van der Waals surface area contributed by atoms with Crippen LogP contribution in [0.2, 0.25) is 0 Å². The molecule has 16 heavy (non-hydrogen) atoms. The number of carbonyl (C=O) groups excluding carboxylic acids is 1. The summed E-state index contributed by atoms with van der Waals surface area (Å²) in [6, 6.07) is 5.27. The van der Waals surface area contributed by atoms with Gasteiger partial charge in [0.25, 0.3) is 5.91 Å². The first kappa shape index (κ1) is 13.0. The van der Waals surface area contributed by atoms with Gasteiger partial charge in [-0.25, -0.2) is 0 Å². The predicted molar refractivity (Wildman–Crippen MR) is 67.9 cm³/mol. The molecule has 4 heteroatoms. The van der Waals surface area contributed by atoms with Gasteiger partial charge in [0.2, 0.25) is 0 Å². The minimum absolute atomic E-state index is 0.0988. The standard InChI is InChI=1S/C12H16BrNO2/c1-12(2,3)14-11(15)8-5-6-9(13)10(7-8)16-4/h5-7H,1-4H3,(H,14,15). The van der Waals surface area contributed by atoms with Crippen molar-refractivity contribution in [2.45, 2.75) is 26.3 Å². The van der Waals surface area contributed by atoms with Gasteiger partial charge in [0.1, 0.15) is 5.75 Å². The fourth-order valence-corrected chi connectivity index (χ4v) is 1.62. The van der Waals surface area contributed by atoms with Crippen molar-refractivity contribution in [3.63, 3.8) is 0 Å². The van der Waals surface area contributed by atoms with E-state index in [1.165, 1.54) is 0 Å². The zero-order chi connectivity index (χ0) is 12.3. The van der Waals surface area contributed by atoms with Gasteiger partial charge in [0, 0.05) is 11.1 Å². The minimum Gasteiger partial charge on any atom is -0.496 e. The molecule has 1 aromatic rings. The van der Waals surface area contributed by atoms with Crippen LogP contribution >= 0.6 is 15.9 Å². The molecule has 0 unspecified atom stereocenters. The van der Waals surface area contributed by atoms with Crippen LogP contribution < -0.4 is 10.1 Å². The summed E-state index contributed by atoms with van der Waals surface area (Å²) in [5, 5.41) is 2.90. The molecule has 1 aromatic carbocycles. The first-order valence-electron chi connectivity index (χ1n) is 4.99. The van der Waals surface area contributed by atoms with Gasteiger partial charge in [-0.15, -0.1) is 0 Å². The van der Waals surface area contributed by atoms with Crippen molar-refractivity contribution >= 4 is 21.8 Å². The molecule has 0 saturated heterocycles. The summed E-state index contributed by atoms with van der Waals surface area (Å²) in [4.78, 5) is 11.9. The molecule has 0 aliphatic heterocycles. The van der Waals surface area contributed by atoms with E-state index >= 15 is 0 Å². The minimum atomic E-state index is -0.239. The Kier molecular flexibility index (Phi) is 3.97. The first-order chi connectivity index (χ1) is 7.33. The zero-order valence-electron chi connectivity index (χ0n) is 9.93. The summed E-state index contributed by atoms with van der Waals surface area (Å²) < 4.78 is 5.97. The number of methoxy groups -OCH3 is 1. The zero-order valence-corrected chi connectivity index (χ0v) is 11.5. The summed E-state index contributed by atoms with van der Waals surface area (Å²) in [6.45, 7) is 5.84. The summed E-state index contributed by atoms with van der Waals surface area (Å²) in [7, 11) is 1.57. The molecule has 1 amide bonds. The molecule has 0 heterocycles. The van der Waals surface area contributed by atoms with Crippen LogP contribution in [0.5, 0.6) is 5.75 Å². The lowest BCUT2D eigenvalue weighted by atomic mass is 10.1. The van der Waals surface area contributed by atoms with Crippen molar-refractivity contribution in [3.05, 3.63) is 28.2 Å². The molecule has 0 fully saturated rings. The van der Waals surface area contributed by atoms with E-state index in [0.717, 1.165) is 4.47 Å². The number of ether oxygens (including phenoxy) is 1. The Balaban J connectivity index is 2.93. The van der Waals surface area contributed by atoms with E-state index in [9.17, 15) is 4.79 Å². The molecule has 0 radical (unpaired) electrons. The average molecular weight is 286 g/mol. The Morgan fingerprint density at radius 1 is 1.38 bits per heavy atom. The van der Waals surface area contributed by atoms with E-state index in [1.807, 2.05) is 20.8 Å². The number of amides is 1. The Hall–Kier alpha value is -1.03. The van der Waals surface area contributed by atoms with Gasteiger partial charge in [-0.1, -0.05) is 0 Å². The smallest absolute Gasteiger partial charge is 0.251 e. The second kappa shape index (κ2) is 4.87. The van der Waals surface area contributed by atoms with E-state index < -0.39 is 0 Å². The molecule has 0 aromatic heterocycles. The molecule has 1 rings (SSSR count). The van der Waals surface area contributed by atoms with Gasteiger partial charge in [-0.05, 0) is 54.9 Å². The molecule has 0 aliphatic rings. The number of rotatable bonds is 2. The van der Waals surface area contributed by atoms with Gasteiger partial charge in [0.15, 0.2) is 0 Å². The van der Waals surface area contributed by atoms with Crippen LogP contribution in [-0.4, -0.2) is 18.6 Å². The molecule has 88 valence electrons. The van der Waals surface area contributed by atoms with E-state index in [-0.39, 0.29) is 11.4 Å². The highest BCUT2D eigenvalue weighted by Crippen LogP contribution is 2.25. The molecule has 3 nitrogen and oxygen atoms in total. The molecule has 0 spiro atoms. The number of nitrogens with one attached hydrogen (secondary N) is 1. The Morgan fingerprint density at radius 3 is 2.50 bits per heavy atom. The summed E-state index contributed by atoms with van der Waals surface area (Å²) in [6.07, 6.45) is 0. The third kappa shape index (κ3) is 3.52. The third-order valence-electron chi connectivity index (χ3n) is 1.90. The highest BCUT2D eigenvalue weighted by Gasteiger charge is 2.16. The van der Waals surface area contributed by atoms with Crippen molar-refractivity contribution in [1.29, 1.82) is 0 Å². The monoisotopic (exact) mass is 285 g/mol. The molecule has 0 saturated carbocycles. The highest BCUT2D eigenvalue weighted by molar-refractivity contribution is 9.10. The lowest BCUT2D eigenvalue weighted by molar-refractivity contribution is 0.0919. The number of benzene rings is 1. The summed E-state index contributed by atoms with van der Waals surface area (Å²) >= 11 is 3.34. The Bertz CT molecular complexity index is 396. The van der Waals surface area contributed by atoms with E-state index in [1.54, 1.807) is 25.3 Å². The quantitative estimate of drug-likeness (QED) is 0.907. The lowest BCUT2D eigenvalue weighted by Crippen LogP contribution is -2.40. The van der Waals surface area contributed by atoms with Crippen LogP contribution in [0.4, 0.5) is 0 Å². The van der Waals surface area contributed by atoms with Crippen molar-refractivity contribution < 1.29 is 9.53 Å². The first-order valence-corrected chi connectivity index (χ1v) is 5.79. The third-order valence-corrected chi connectivity index (χ3v) is 2.56. The van der Waals surface area contributed by atoms with E-state index in [0.29, 0.717) is 11.3 Å². The van der Waals surface area contributed by atoms with Gasteiger partial charge >= 0.3 is 0 Å². The largest absolute Gasteiger partial charge is 0.496 e. The van der Waals surface area contributed by atoms with Gasteiger partial charge in [0.05, 0.1) is 11.6 Å². The van der Waals surface area contributed by atoms with Crippen molar-refractivity contribution in [3.8, 4) is 5.75 Å². The van der Waals surface area contributed by atoms with Crippen molar-refractivity contribution in [2.75, 3.05) is 7.11 Å². The lowest BCUT2D eigenvalue weighted by Gasteiger charge is -2.20. The molecule has 0 atom stereocenters. The van der Waals surface area contributed by atoms with Crippen molar-refractivity contribution in [1.82, 2.24) is 5.32 Å². The molecular weight excluding hydrogens is 270 g/mol. The molecule has 0 bridgehead atoms. The van der Waals surface area contributed by atoms with Crippen LogP contribution in [0.15, 0.2) is 22.7 Å². The summed E-state index contributed by atoms with van der Waals surface area (Å²) in [5.74, 6) is 0.555. The fourth-order valence-electron chi connectivity index (χ4n) is 1.21. The number of carbonyl (C=O) groups is 1. The SMILES string of the molecule is COc1cc(C(=O)NC(C)(C)C)ccc1Br. The average Bonchev–Trinajstić information content (AvgIpc) is 2.15. The van der Waals surface area contributed by atoms with Crippen LogP contribution in [0, 0.1) is 0 Å². The molecule has 1 N–H and O–H groups in total. The molecular formula is C12H16BrNO2. The normalized spacial score (nSPS) is 11.1. The van der Waals surface area contributed by atoms with Gasteiger partial charge in [-0.3, -0.25) is 4.79 Å². The van der Waals surface area contributed by atoms with Crippen LogP contribution in [0.3, 0.4) is 0 Å². The fraction of sp³-hybridized carbons (Fsp3) is 0.417. The highest BCUT2D eigenvalue weighted by atomic mass is 79.9. The van der Waals surface area contributed by atoms with Crippen molar-refractivity contribution in [2.24, 2.45) is 0 Å². The van der Waals surface area contributed by atoms with Crippen LogP contribution in [0.1, 0.15) is 31.1 Å². The Morgan fingerprint density at radius 2 is 2.00 bits per heavy atom. The number of hydrogen-bond donors (Lipinski definition) is 1. The van der Waals surface area contributed by atoms with Gasteiger partial charge < -0.3 is 10.1 Å². The maximum absolute atomic E-state index is 11.9. The second-order valence-electron chi connectivity index (χ2n) is 4.55. The topological polar surface area (TPSA) is 38.3 Å². The van der Waals surface area contributed by atoms with E-state index in [4.69, 9.17) is 4.74 Å². The van der Waals surface area contributed by atoms with Crippen LogP contribution in [0.25, 0.3) is 0 Å². The Labute approximate surface area is 104 Å². The van der Waals surface area contributed by atoms with Crippen LogP contribution in [-0.2, 0) is 0 Å². The number of hydrogen-bond acceptors (Lipinski definition) is 2. The van der Waals surface area contributed by atoms with Gasteiger partial charge in [-0.2, -0.15) is 0 Å². The second-order valence-corrected chi connectivity index (χ2v) is 5.41. The maximum Gasteiger partial charge on any atom is 0.251 e. The predicted octanol–water partition coefficient (Wildman–Crippen LogP) is 2.99. The van der Waals surface area contributed by atoms with E-state index in [2.05, 4.69) is 21.2 Å². The summed E-state index contributed by atoms with van der Waals surface area (Å²) in [5.41, 5.74) is 0.354. The maximum atomic E-state index is 11.9. The number of halogens is 1.